The Morgan fingerprint density at radius 1 is 1.07 bits per heavy atom. The predicted octanol–water partition coefficient (Wildman–Crippen LogP) is 4.29. The minimum Gasteiger partial charge on any atom is -0.459 e. The number of para-hydroxylation sites is 1. The van der Waals surface area contributed by atoms with Crippen LogP contribution in [0.15, 0.2) is 57.9 Å². The van der Waals surface area contributed by atoms with Crippen LogP contribution < -0.4 is 10.6 Å². The molecule has 0 radical (unpaired) electrons. The average molecular weight is 410 g/mol. The minimum atomic E-state index is -0.215. The van der Waals surface area contributed by atoms with Gasteiger partial charge >= 0.3 is 0 Å². The molecule has 30 heavy (non-hydrogen) atoms. The minimum absolute atomic E-state index is 0.112. The number of halogens is 1. The van der Waals surface area contributed by atoms with E-state index in [1.165, 1.54) is 12.1 Å². The Balaban J connectivity index is 1.44. The normalized spacial score (nSPS) is 16.6. The molecule has 0 spiro atoms. The first-order chi connectivity index (χ1) is 14.6. The van der Waals surface area contributed by atoms with Crippen LogP contribution in [-0.2, 0) is 16.7 Å². The summed E-state index contributed by atoms with van der Waals surface area (Å²) in [5, 5.41) is 7.96. The summed E-state index contributed by atoms with van der Waals surface area (Å²) in [6.07, 6.45) is 1.76. The number of guanidine groups is 1. The number of benzene rings is 2. The van der Waals surface area contributed by atoms with E-state index in [1.54, 1.807) is 7.05 Å². The van der Waals surface area contributed by atoms with Crippen molar-refractivity contribution in [1.82, 2.24) is 10.6 Å². The fraction of sp³-hybridized carbons (Fsp3) is 0.375. The van der Waals surface area contributed by atoms with Crippen LogP contribution in [-0.4, -0.2) is 32.8 Å². The fourth-order valence-electron chi connectivity index (χ4n) is 4.16. The second kappa shape index (κ2) is 8.88. The van der Waals surface area contributed by atoms with Gasteiger partial charge in [-0.05, 0) is 43.5 Å². The Morgan fingerprint density at radius 3 is 2.50 bits per heavy atom. The number of nitrogens with one attached hydrogen (secondary N) is 2. The van der Waals surface area contributed by atoms with Crippen molar-refractivity contribution in [2.75, 3.05) is 26.8 Å². The lowest BCUT2D eigenvalue weighted by atomic mass is 9.74. The van der Waals surface area contributed by atoms with Crippen molar-refractivity contribution in [1.29, 1.82) is 0 Å². The molecule has 0 bridgehead atoms. The maximum atomic E-state index is 13.4. The maximum absolute atomic E-state index is 13.4. The zero-order chi connectivity index (χ0) is 21.0. The summed E-state index contributed by atoms with van der Waals surface area (Å²) in [7, 11) is 1.76. The molecule has 0 saturated carbocycles. The van der Waals surface area contributed by atoms with Crippen molar-refractivity contribution in [3.05, 3.63) is 71.2 Å². The fourth-order valence-corrected chi connectivity index (χ4v) is 4.16. The number of ether oxygens (including phenoxy) is 1. The molecule has 4 rings (SSSR count). The van der Waals surface area contributed by atoms with Crippen LogP contribution >= 0.6 is 0 Å². The summed E-state index contributed by atoms with van der Waals surface area (Å²) in [5.41, 5.74) is 3.05. The molecule has 0 atom stereocenters. The first-order valence-corrected chi connectivity index (χ1v) is 10.4. The summed E-state index contributed by atoms with van der Waals surface area (Å²) in [4.78, 5) is 4.37. The molecular formula is C24H28FN3O2. The lowest BCUT2D eigenvalue weighted by molar-refractivity contribution is 0.0513. The molecule has 3 aromatic rings. The van der Waals surface area contributed by atoms with E-state index < -0.39 is 0 Å². The zero-order valence-electron chi connectivity index (χ0n) is 17.5. The Labute approximate surface area is 176 Å². The van der Waals surface area contributed by atoms with Crippen LogP contribution in [0.1, 0.15) is 29.7 Å². The number of fused-ring (bicyclic) bond motifs is 1. The van der Waals surface area contributed by atoms with Gasteiger partial charge in [-0.15, -0.1) is 0 Å². The Bertz CT molecular complexity index is 1020. The van der Waals surface area contributed by atoms with Crippen molar-refractivity contribution in [3.8, 4) is 0 Å². The van der Waals surface area contributed by atoms with Gasteiger partial charge in [-0.2, -0.15) is 0 Å². The molecule has 1 fully saturated rings. The van der Waals surface area contributed by atoms with Crippen molar-refractivity contribution in [3.63, 3.8) is 0 Å². The molecular weight excluding hydrogens is 381 g/mol. The standard InChI is InChI=1S/C24H28FN3O2/c1-17-20-5-3-4-6-21(20)30-22(17)15-27-23(26-2)28-16-24(11-13-29-14-12-24)18-7-9-19(25)10-8-18/h3-10H,11-16H2,1-2H3,(H2,26,27,28). The highest BCUT2D eigenvalue weighted by molar-refractivity contribution is 5.83. The first-order valence-electron chi connectivity index (χ1n) is 10.4. The van der Waals surface area contributed by atoms with Gasteiger partial charge in [0.2, 0.25) is 0 Å². The molecule has 0 unspecified atom stereocenters. The van der Waals surface area contributed by atoms with Crippen molar-refractivity contribution >= 4 is 16.9 Å². The van der Waals surface area contributed by atoms with Gasteiger partial charge in [-0.3, -0.25) is 4.99 Å². The van der Waals surface area contributed by atoms with Crippen LogP contribution in [0.5, 0.6) is 0 Å². The molecule has 2 heterocycles. The highest BCUT2D eigenvalue weighted by Crippen LogP contribution is 2.34. The molecule has 1 aromatic heterocycles. The number of nitrogens with zero attached hydrogens (tertiary/aromatic N) is 1. The van der Waals surface area contributed by atoms with E-state index in [9.17, 15) is 4.39 Å². The first kappa shape index (κ1) is 20.4. The summed E-state index contributed by atoms with van der Waals surface area (Å²) in [6.45, 7) is 4.71. The van der Waals surface area contributed by atoms with Gasteiger partial charge in [-0.25, -0.2) is 4.39 Å². The van der Waals surface area contributed by atoms with Gasteiger partial charge in [0.05, 0.1) is 6.54 Å². The Kier molecular flexibility index (Phi) is 6.04. The lowest BCUT2D eigenvalue weighted by Crippen LogP contribution is -2.47. The molecule has 2 N–H and O–H groups in total. The molecule has 5 nitrogen and oxygen atoms in total. The van der Waals surface area contributed by atoms with Gasteiger partial charge in [0.1, 0.15) is 17.2 Å². The van der Waals surface area contributed by atoms with E-state index in [0.717, 1.165) is 40.7 Å². The number of aryl methyl sites for hydroxylation is 1. The highest BCUT2D eigenvalue weighted by atomic mass is 19.1. The number of hydrogen-bond donors (Lipinski definition) is 2. The highest BCUT2D eigenvalue weighted by Gasteiger charge is 2.34. The Morgan fingerprint density at radius 2 is 1.80 bits per heavy atom. The van der Waals surface area contributed by atoms with E-state index >= 15 is 0 Å². The summed E-state index contributed by atoms with van der Waals surface area (Å²) >= 11 is 0. The van der Waals surface area contributed by atoms with E-state index in [-0.39, 0.29) is 11.2 Å². The molecule has 1 saturated heterocycles. The Hall–Kier alpha value is -2.86. The lowest BCUT2D eigenvalue weighted by Gasteiger charge is -2.38. The zero-order valence-corrected chi connectivity index (χ0v) is 17.5. The third kappa shape index (κ3) is 4.19. The molecule has 1 aliphatic heterocycles. The summed E-state index contributed by atoms with van der Waals surface area (Å²) in [6, 6.07) is 14.9. The number of aliphatic imine (C=N–C) groups is 1. The molecule has 0 amide bonds. The third-order valence-electron chi connectivity index (χ3n) is 6.08. The largest absolute Gasteiger partial charge is 0.459 e. The van der Waals surface area contributed by atoms with Gasteiger partial charge in [0.15, 0.2) is 5.96 Å². The maximum Gasteiger partial charge on any atom is 0.191 e. The van der Waals surface area contributed by atoms with Crippen molar-refractivity contribution in [2.24, 2.45) is 4.99 Å². The van der Waals surface area contributed by atoms with Gasteiger partial charge in [-0.1, -0.05) is 30.3 Å². The quantitative estimate of drug-likeness (QED) is 0.487. The monoisotopic (exact) mass is 409 g/mol. The third-order valence-corrected chi connectivity index (χ3v) is 6.08. The molecule has 0 aliphatic carbocycles. The number of rotatable bonds is 5. The van der Waals surface area contributed by atoms with Crippen LogP contribution in [0.2, 0.25) is 0 Å². The van der Waals surface area contributed by atoms with Gasteiger partial charge in [0.25, 0.3) is 0 Å². The van der Waals surface area contributed by atoms with E-state index in [0.29, 0.717) is 32.3 Å². The molecule has 2 aromatic carbocycles. The molecule has 1 aliphatic rings. The van der Waals surface area contributed by atoms with Gasteiger partial charge in [0, 0.05) is 43.2 Å². The predicted molar refractivity (Wildman–Crippen MR) is 117 cm³/mol. The molecule has 158 valence electrons. The number of hydrogen-bond acceptors (Lipinski definition) is 3. The SMILES string of the molecule is CN=C(NCc1oc2ccccc2c1C)NCC1(c2ccc(F)cc2)CCOCC1. The van der Waals surface area contributed by atoms with E-state index in [2.05, 4.69) is 28.6 Å². The van der Waals surface area contributed by atoms with Crippen LogP contribution in [0.4, 0.5) is 4.39 Å². The molecule has 6 heteroatoms. The second-order valence-corrected chi connectivity index (χ2v) is 7.83. The van der Waals surface area contributed by atoms with Crippen LogP contribution in [0.3, 0.4) is 0 Å². The average Bonchev–Trinajstić information content (AvgIpc) is 3.11. The van der Waals surface area contributed by atoms with E-state index in [1.807, 2.05) is 30.3 Å². The van der Waals surface area contributed by atoms with E-state index in [4.69, 9.17) is 9.15 Å². The van der Waals surface area contributed by atoms with Crippen LogP contribution in [0.25, 0.3) is 11.0 Å². The topological polar surface area (TPSA) is 58.8 Å². The smallest absolute Gasteiger partial charge is 0.191 e. The van der Waals surface area contributed by atoms with Crippen molar-refractivity contribution in [2.45, 2.75) is 31.7 Å². The van der Waals surface area contributed by atoms with Gasteiger partial charge < -0.3 is 19.8 Å². The second-order valence-electron chi connectivity index (χ2n) is 7.83. The van der Waals surface area contributed by atoms with Crippen LogP contribution in [0, 0.1) is 12.7 Å². The summed E-state index contributed by atoms with van der Waals surface area (Å²) < 4.78 is 25.0. The number of furan rings is 1. The summed E-state index contributed by atoms with van der Waals surface area (Å²) in [5.74, 6) is 1.40. The van der Waals surface area contributed by atoms with Crippen molar-refractivity contribution < 1.29 is 13.5 Å².